The molecule has 0 spiro atoms. The fourth-order valence-corrected chi connectivity index (χ4v) is 2.69. The molecule has 0 fully saturated rings. The second-order valence-corrected chi connectivity index (χ2v) is 5.68. The average Bonchev–Trinajstić information content (AvgIpc) is 2.74. The number of rotatable bonds is 7. The van der Waals surface area contributed by atoms with Crippen molar-refractivity contribution in [3.05, 3.63) is 21.9 Å². The van der Waals surface area contributed by atoms with Crippen LogP contribution in [0.2, 0.25) is 0 Å². The van der Waals surface area contributed by atoms with E-state index in [2.05, 4.69) is 30.6 Å². The molecule has 2 amide bonds. The van der Waals surface area contributed by atoms with Crippen molar-refractivity contribution < 1.29 is 4.79 Å². The Hall–Kier alpha value is -1.03. The molecule has 0 bridgehead atoms. The van der Waals surface area contributed by atoms with Crippen molar-refractivity contribution in [1.29, 1.82) is 0 Å². The normalized spacial score (nSPS) is 10.4. The van der Waals surface area contributed by atoms with E-state index in [1.165, 1.54) is 29.7 Å². The monoisotopic (exact) mass is 268 g/mol. The summed E-state index contributed by atoms with van der Waals surface area (Å²) in [5, 5.41) is 5.04. The molecule has 1 aromatic rings. The molecule has 0 aromatic carbocycles. The molecule has 0 saturated carbocycles. The Morgan fingerprint density at radius 2 is 2.17 bits per heavy atom. The first kappa shape index (κ1) is 15.0. The first-order chi connectivity index (χ1) is 8.65. The van der Waals surface area contributed by atoms with Gasteiger partial charge in [-0.05, 0) is 30.4 Å². The molecular formula is C14H24N2OS. The maximum absolute atomic E-state index is 11.8. The van der Waals surface area contributed by atoms with Crippen LogP contribution < -0.4 is 5.32 Å². The molecule has 1 rings (SSSR count). The van der Waals surface area contributed by atoms with E-state index in [1.807, 2.05) is 7.05 Å². The fraction of sp³-hybridized carbons (Fsp3) is 0.643. The molecule has 4 heteroatoms. The van der Waals surface area contributed by atoms with Gasteiger partial charge in [-0.25, -0.2) is 4.79 Å². The van der Waals surface area contributed by atoms with Gasteiger partial charge in [0.25, 0.3) is 0 Å². The zero-order valence-corrected chi connectivity index (χ0v) is 12.5. The first-order valence-electron chi connectivity index (χ1n) is 6.67. The second-order valence-electron chi connectivity index (χ2n) is 4.68. The Balaban J connectivity index is 2.23. The summed E-state index contributed by atoms with van der Waals surface area (Å²) in [5.41, 5.74) is 1.27. The lowest BCUT2D eigenvalue weighted by Gasteiger charge is -2.17. The van der Waals surface area contributed by atoms with Gasteiger partial charge in [-0.15, -0.1) is 11.3 Å². The maximum atomic E-state index is 11.8. The summed E-state index contributed by atoms with van der Waals surface area (Å²) < 4.78 is 0. The molecule has 0 aliphatic heterocycles. The number of amides is 2. The van der Waals surface area contributed by atoms with Crippen LogP contribution in [0.4, 0.5) is 4.79 Å². The minimum Gasteiger partial charge on any atom is -0.338 e. The molecule has 0 atom stereocenters. The smallest absolute Gasteiger partial charge is 0.317 e. The lowest BCUT2D eigenvalue weighted by atomic mass is 10.2. The zero-order valence-electron chi connectivity index (χ0n) is 11.7. The van der Waals surface area contributed by atoms with Gasteiger partial charge in [0, 0.05) is 18.5 Å². The van der Waals surface area contributed by atoms with E-state index in [-0.39, 0.29) is 6.03 Å². The molecule has 1 N–H and O–H groups in total. The highest BCUT2D eigenvalue weighted by atomic mass is 32.1. The van der Waals surface area contributed by atoms with E-state index in [0.717, 1.165) is 13.0 Å². The highest BCUT2D eigenvalue weighted by Crippen LogP contribution is 2.17. The third kappa shape index (κ3) is 5.08. The Bertz CT molecular complexity index is 362. The van der Waals surface area contributed by atoms with Crippen LogP contribution in [-0.2, 0) is 6.54 Å². The molecule has 3 nitrogen and oxygen atoms in total. The SMILES string of the molecule is CCCCCCNC(=O)N(C)Cc1sccc1C. The number of nitrogens with one attached hydrogen (secondary N) is 1. The van der Waals surface area contributed by atoms with E-state index < -0.39 is 0 Å². The minimum atomic E-state index is 0.0271. The topological polar surface area (TPSA) is 32.3 Å². The average molecular weight is 268 g/mol. The Morgan fingerprint density at radius 3 is 2.78 bits per heavy atom. The standard InChI is InChI=1S/C14H24N2OS/c1-4-5-6-7-9-15-14(17)16(3)11-13-12(2)8-10-18-13/h8,10H,4-7,9,11H2,1-3H3,(H,15,17). The summed E-state index contributed by atoms with van der Waals surface area (Å²) in [6.07, 6.45) is 4.75. The van der Waals surface area contributed by atoms with E-state index in [1.54, 1.807) is 16.2 Å². The summed E-state index contributed by atoms with van der Waals surface area (Å²) in [6.45, 7) is 5.76. The highest BCUT2D eigenvalue weighted by molar-refractivity contribution is 7.10. The van der Waals surface area contributed by atoms with Gasteiger partial charge >= 0.3 is 6.03 Å². The summed E-state index contributed by atoms with van der Waals surface area (Å²) in [6, 6.07) is 2.12. The van der Waals surface area contributed by atoms with Gasteiger partial charge < -0.3 is 10.2 Å². The van der Waals surface area contributed by atoms with E-state index >= 15 is 0 Å². The van der Waals surface area contributed by atoms with Crippen LogP contribution in [0.15, 0.2) is 11.4 Å². The van der Waals surface area contributed by atoms with Crippen molar-refractivity contribution in [2.45, 2.75) is 46.1 Å². The van der Waals surface area contributed by atoms with Crippen molar-refractivity contribution in [2.75, 3.05) is 13.6 Å². The number of hydrogen-bond acceptors (Lipinski definition) is 2. The lowest BCUT2D eigenvalue weighted by Crippen LogP contribution is -2.37. The number of aryl methyl sites for hydroxylation is 1. The van der Waals surface area contributed by atoms with Crippen molar-refractivity contribution >= 4 is 17.4 Å². The Morgan fingerprint density at radius 1 is 1.39 bits per heavy atom. The highest BCUT2D eigenvalue weighted by Gasteiger charge is 2.10. The van der Waals surface area contributed by atoms with Crippen LogP contribution >= 0.6 is 11.3 Å². The van der Waals surface area contributed by atoms with Gasteiger partial charge in [0.15, 0.2) is 0 Å². The zero-order chi connectivity index (χ0) is 13.4. The molecule has 18 heavy (non-hydrogen) atoms. The second kappa shape index (κ2) is 8.14. The number of carbonyl (C=O) groups is 1. The molecule has 1 heterocycles. The Labute approximate surface area is 114 Å². The quantitative estimate of drug-likeness (QED) is 0.750. The lowest BCUT2D eigenvalue weighted by molar-refractivity contribution is 0.207. The maximum Gasteiger partial charge on any atom is 0.317 e. The van der Waals surface area contributed by atoms with Gasteiger partial charge in [0.2, 0.25) is 0 Å². The molecule has 1 aromatic heterocycles. The molecule has 0 unspecified atom stereocenters. The number of carbonyl (C=O) groups excluding carboxylic acids is 1. The number of hydrogen-bond donors (Lipinski definition) is 1. The van der Waals surface area contributed by atoms with Gasteiger partial charge in [0.05, 0.1) is 6.54 Å². The Kier molecular flexibility index (Phi) is 6.80. The van der Waals surface area contributed by atoms with Crippen molar-refractivity contribution in [1.82, 2.24) is 10.2 Å². The van der Waals surface area contributed by atoms with Crippen molar-refractivity contribution in [3.63, 3.8) is 0 Å². The summed E-state index contributed by atoms with van der Waals surface area (Å²) in [4.78, 5) is 14.8. The van der Waals surface area contributed by atoms with E-state index in [4.69, 9.17) is 0 Å². The molecule has 0 aliphatic carbocycles. The van der Waals surface area contributed by atoms with Crippen LogP contribution in [-0.4, -0.2) is 24.5 Å². The van der Waals surface area contributed by atoms with Crippen molar-refractivity contribution in [2.24, 2.45) is 0 Å². The largest absolute Gasteiger partial charge is 0.338 e. The molecule has 0 saturated heterocycles. The molecule has 0 aliphatic rings. The van der Waals surface area contributed by atoms with E-state index in [0.29, 0.717) is 6.54 Å². The van der Waals surface area contributed by atoms with Gasteiger partial charge in [-0.2, -0.15) is 0 Å². The van der Waals surface area contributed by atoms with Crippen LogP contribution in [0.1, 0.15) is 43.0 Å². The molecule has 0 radical (unpaired) electrons. The summed E-state index contributed by atoms with van der Waals surface area (Å²) in [5.74, 6) is 0. The van der Waals surface area contributed by atoms with Crippen LogP contribution in [0.25, 0.3) is 0 Å². The van der Waals surface area contributed by atoms with Gasteiger partial charge in [0.1, 0.15) is 0 Å². The number of urea groups is 1. The minimum absolute atomic E-state index is 0.0271. The van der Waals surface area contributed by atoms with E-state index in [9.17, 15) is 4.79 Å². The van der Waals surface area contributed by atoms with Crippen LogP contribution in [0, 0.1) is 6.92 Å². The number of thiophene rings is 1. The third-order valence-corrected chi connectivity index (χ3v) is 4.01. The van der Waals surface area contributed by atoms with Crippen molar-refractivity contribution in [3.8, 4) is 0 Å². The summed E-state index contributed by atoms with van der Waals surface area (Å²) in [7, 11) is 1.85. The fourth-order valence-electron chi connectivity index (χ4n) is 1.74. The number of nitrogens with zero attached hydrogens (tertiary/aromatic N) is 1. The van der Waals surface area contributed by atoms with Crippen LogP contribution in [0.5, 0.6) is 0 Å². The van der Waals surface area contributed by atoms with Gasteiger partial charge in [-0.3, -0.25) is 0 Å². The van der Waals surface area contributed by atoms with Gasteiger partial charge in [-0.1, -0.05) is 26.2 Å². The predicted molar refractivity (Wildman–Crippen MR) is 78.1 cm³/mol. The summed E-state index contributed by atoms with van der Waals surface area (Å²) >= 11 is 1.71. The molecular weight excluding hydrogens is 244 g/mol. The molecule has 102 valence electrons. The third-order valence-electron chi connectivity index (χ3n) is 3.00. The first-order valence-corrected chi connectivity index (χ1v) is 7.55. The predicted octanol–water partition coefficient (Wildman–Crippen LogP) is 3.78. The number of unbranched alkanes of at least 4 members (excludes halogenated alkanes) is 3. The van der Waals surface area contributed by atoms with Crippen LogP contribution in [0.3, 0.4) is 0 Å².